The highest BCUT2D eigenvalue weighted by molar-refractivity contribution is 6.00. The third-order valence-corrected chi connectivity index (χ3v) is 9.29. The van der Waals surface area contributed by atoms with E-state index in [9.17, 15) is 14.4 Å². The summed E-state index contributed by atoms with van der Waals surface area (Å²) in [7, 11) is 1.64. The summed E-state index contributed by atoms with van der Waals surface area (Å²) in [6, 6.07) is 4.73. The number of imide groups is 1. The van der Waals surface area contributed by atoms with Crippen LogP contribution in [0.5, 0.6) is 0 Å². The lowest BCUT2D eigenvalue weighted by atomic mass is 9.68. The lowest BCUT2D eigenvalue weighted by Gasteiger charge is -2.58. The van der Waals surface area contributed by atoms with Crippen molar-refractivity contribution in [3.05, 3.63) is 28.7 Å². The zero-order valence-corrected chi connectivity index (χ0v) is 21.3. The van der Waals surface area contributed by atoms with Gasteiger partial charge < -0.3 is 4.90 Å². The number of anilines is 1. The number of imidazole rings is 1. The summed E-state index contributed by atoms with van der Waals surface area (Å²) in [5.41, 5.74) is 0.702. The molecule has 2 amide bonds. The molecule has 8 nitrogen and oxygen atoms in total. The number of nitrogens with zero attached hydrogens (tertiary/aromatic N) is 4. The summed E-state index contributed by atoms with van der Waals surface area (Å²) in [5.74, 6) is -2.98. The third-order valence-electron chi connectivity index (χ3n) is 9.29. The Bertz CT molecular complexity index is 1290. The van der Waals surface area contributed by atoms with Gasteiger partial charge in [-0.1, -0.05) is 19.3 Å². The van der Waals surface area contributed by atoms with Gasteiger partial charge in [0.15, 0.2) is 0 Å². The summed E-state index contributed by atoms with van der Waals surface area (Å²) < 4.78 is 33.8. The van der Waals surface area contributed by atoms with Crippen molar-refractivity contribution in [3.63, 3.8) is 0 Å². The first-order valence-electron chi connectivity index (χ1n) is 13.6. The number of fused-ring (bicyclic) bond motifs is 1. The van der Waals surface area contributed by atoms with Crippen LogP contribution in [-0.2, 0) is 16.6 Å². The number of nitrogens with one attached hydrogen (secondary N) is 1. The van der Waals surface area contributed by atoms with Crippen molar-refractivity contribution < 1.29 is 18.4 Å². The molecule has 3 saturated heterocycles. The number of hydrogen-bond acceptors (Lipinski definition) is 5. The van der Waals surface area contributed by atoms with Crippen molar-refractivity contribution in [2.75, 3.05) is 37.6 Å². The first kappa shape index (κ1) is 24.6. The number of carbonyl (C=O) groups is 2. The molecule has 200 valence electrons. The molecule has 1 unspecified atom stereocenters. The van der Waals surface area contributed by atoms with Crippen LogP contribution in [0.3, 0.4) is 0 Å². The maximum absolute atomic E-state index is 15.5. The molecule has 0 bridgehead atoms. The molecule has 1 aromatic heterocycles. The lowest BCUT2D eigenvalue weighted by Crippen LogP contribution is -2.70. The third kappa shape index (κ3) is 4.08. The molecule has 1 saturated carbocycles. The Morgan fingerprint density at radius 2 is 1.76 bits per heavy atom. The fourth-order valence-corrected chi connectivity index (χ4v) is 7.01. The van der Waals surface area contributed by atoms with E-state index in [-0.39, 0.29) is 31.0 Å². The van der Waals surface area contributed by atoms with E-state index in [4.69, 9.17) is 0 Å². The molecule has 10 heteroatoms. The van der Waals surface area contributed by atoms with E-state index in [1.807, 2.05) is 21.9 Å². The van der Waals surface area contributed by atoms with Crippen molar-refractivity contribution in [2.45, 2.75) is 63.3 Å². The number of aryl methyl sites for hydroxylation is 1. The Kier molecular flexibility index (Phi) is 5.93. The van der Waals surface area contributed by atoms with E-state index in [0.29, 0.717) is 36.5 Å². The summed E-state index contributed by atoms with van der Waals surface area (Å²) in [6.07, 6.45) is 6.99. The monoisotopic (exact) mass is 515 g/mol. The summed E-state index contributed by atoms with van der Waals surface area (Å²) in [5, 5.41) is 2.31. The number of carbonyl (C=O) groups excluding carboxylic acids is 2. The molecule has 1 aromatic carbocycles. The van der Waals surface area contributed by atoms with E-state index >= 15 is 8.78 Å². The van der Waals surface area contributed by atoms with E-state index in [1.165, 1.54) is 28.4 Å². The molecule has 1 N–H and O–H groups in total. The number of amides is 2. The highest BCUT2D eigenvalue weighted by atomic mass is 19.3. The maximum atomic E-state index is 15.5. The highest BCUT2D eigenvalue weighted by Gasteiger charge is 2.62. The fraction of sp³-hybridized carbons (Fsp3) is 0.667. The van der Waals surface area contributed by atoms with E-state index in [0.717, 1.165) is 31.6 Å². The predicted molar refractivity (Wildman–Crippen MR) is 136 cm³/mol. The van der Waals surface area contributed by atoms with E-state index in [1.54, 1.807) is 13.1 Å². The normalized spacial score (nSPS) is 26.5. The SMILES string of the molecule is Cn1c(=O)n(C2CCC(=O)NC2=O)c2ccc(N3CC4(CCN(CC5CCCCC5)CC4(F)F)C3)cc21. The van der Waals surface area contributed by atoms with Crippen molar-refractivity contribution in [1.82, 2.24) is 19.4 Å². The van der Waals surface area contributed by atoms with Crippen molar-refractivity contribution in [3.8, 4) is 0 Å². The van der Waals surface area contributed by atoms with Gasteiger partial charge in [0, 0.05) is 38.8 Å². The summed E-state index contributed by atoms with van der Waals surface area (Å²) in [4.78, 5) is 41.0. The molecule has 1 spiro atoms. The highest BCUT2D eigenvalue weighted by Crippen LogP contribution is 2.51. The maximum Gasteiger partial charge on any atom is 0.329 e. The molecular formula is C27H35F2N5O3. The molecule has 37 heavy (non-hydrogen) atoms. The van der Waals surface area contributed by atoms with Gasteiger partial charge in [0.1, 0.15) is 6.04 Å². The lowest BCUT2D eigenvalue weighted by molar-refractivity contribution is -0.181. The zero-order valence-electron chi connectivity index (χ0n) is 21.3. The number of piperidine rings is 2. The van der Waals surface area contributed by atoms with Crippen LogP contribution in [0.15, 0.2) is 23.0 Å². The molecule has 1 atom stereocenters. The molecule has 2 aromatic rings. The topological polar surface area (TPSA) is 79.6 Å². The van der Waals surface area contributed by atoms with Gasteiger partial charge in [0.2, 0.25) is 11.8 Å². The Balaban J connectivity index is 1.18. The molecule has 6 rings (SSSR count). The summed E-state index contributed by atoms with van der Waals surface area (Å²) in [6.45, 7) is 1.96. The largest absolute Gasteiger partial charge is 0.370 e. The Hall–Kier alpha value is -2.75. The second-order valence-corrected chi connectivity index (χ2v) is 11.7. The quantitative estimate of drug-likeness (QED) is 0.634. The number of hydrogen-bond donors (Lipinski definition) is 1. The van der Waals surface area contributed by atoms with Crippen molar-refractivity contribution in [2.24, 2.45) is 18.4 Å². The molecular weight excluding hydrogens is 480 g/mol. The van der Waals surface area contributed by atoms with Crippen LogP contribution in [-0.4, -0.2) is 64.5 Å². The van der Waals surface area contributed by atoms with Crippen LogP contribution in [0.4, 0.5) is 14.5 Å². The van der Waals surface area contributed by atoms with Gasteiger partial charge in [-0.2, -0.15) is 0 Å². The van der Waals surface area contributed by atoms with Gasteiger partial charge in [-0.05, 0) is 56.3 Å². The predicted octanol–water partition coefficient (Wildman–Crippen LogP) is 3.05. The Morgan fingerprint density at radius 1 is 1.00 bits per heavy atom. The van der Waals surface area contributed by atoms with Gasteiger partial charge in [-0.25, -0.2) is 13.6 Å². The smallest absolute Gasteiger partial charge is 0.329 e. The fourth-order valence-electron chi connectivity index (χ4n) is 7.01. The van der Waals surface area contributed by atoms with E-state index < -0.39 is 23.3 Å². The second-order valence-electron chi connectivity index (χ2n) is 11.7. The Labute approximate surface area is 214 Å². The minimum atomic E-state index is -2.73. The first-order valence-corrected chi connectivity index (χ1v) is 13.6. The van der Waals surface area contributed by atoms with Crippen LogP contribution >= 0.6 is 0 Å². The molecule has 0 radical (unpaired) electrons. The molecule has 4 aliphatic rings. The van der Waals surface area contributed by atoms with Gasteiger partial charge in [0.05, 0.1) is 23.0 Å². The van der Waals surface area contributed by atoms with Crippen LogP contribution in [0, 0.1) is 11.3 Å². The molecule has 4 fully saturated rings. The van der Waals surface area contributed by atoms with Crippen molar-refractivity contribution >= 4 is 28.5 Å². The molecule has 4 heterocycles. The van der Waals surface area contributed by atoms with Crippen LogP contribution in [0.1, 0.15) is 57.4 Å². The van der Waals surface area contributed by atoms with E-state index in [2.05, 4.69) is 5.32 Å². The standard InChI is InChI=1S/C27H35F2N5O3/c1-31-22-13-19(7-8-20(22)34(25(31)37)21-9-10-23(35)30-24(21)36)33-15-26(16-33)11-12-32(17-27(26,28)29)14-18-5-3-2-4-6-18/h7-8,13,18,21H,2-6,9-12,14-17H2,1H3,(H,30,35,36). The van der Waals surface area contributed by atoms with Crippen LogP contribution in [0.25, 0.3) is 11.0 Å². The van der Waals surface area contributed by atoms with Crippen LogP contribution < -0.4 is 15.9 Å². The summed E-state index contributed by atoms with van der Waals surface area (Å²) >= 11 is 0. The minimum Gasteiger partial charge on any atom is -0.370 e. The number of aromatic nitrogens is 2. The number of benzene rings is 1. The van der Waals surface area contributed by atoms with Gasteiger partial charge in [0.25, 0.3) is 5.92 Å². The number of rotatable bonds is 4. The number of alkyl halides is 2. The van der Waals surface area contributed by atoms with Gasteiger partial charge >= 0.3 is 5.69 Å². The average Bonchev–Trinajstić information content (AvgIpc) is 3.08. The van der Waals surface area contributed by atoms with Gasteiger partial charge in [-0.3, -0.25) is 28.9 Å². The molecule has 1 aliphatic carbocycles. The minimum absolute atomic E-state index is 0.153. The average molecular weight is 516 g/mol. The second kappa shape index (κ2) is 8.92. The number of halogens is 2. The molecule has 3 aliphatic heterocycles. The first-order chi connectivity index (χ1) is 17.7. The van der Waals surface area contributed by atoms with Crippen molar-refractivity contribution in [1.29, 1.82) is 0 Å². The zero-order chi connectivity index (χ0) is 25.9. The number of likely N-dealkylation sites (tertiary alicyclic amines) is 1. The Morgan fingerprint density at radius 3 is 2.46 bits per heavy atom. The van der Waals surface area contributed by atoms with Gasteiger partial charge in [-0.15, -0.1) is 0 Å². The van der Waals surface area contributed by atoms with Crippen LogP contribution in [0.2, 0.25) is 0 Å².